The van der Waals surface area contributed by atoms with Crippen LogP contribution >= 0.6 is 11.6 Å². The fourth-order valence-electron chi connectivity index (χ4n) is 0.266. The van der Waals surface area contributed by atoms with E-state index < -0.39 is 11.0 Å². The molecule has 0 aliphatic heterocycles. The lowest BCUT2D eigenvalue weighted by molar-refractivity contribution is -0.154. The van der Waals surface area contributed by atoms with Crippen LogP contribution in [-0.4, -0.2) is 25.2 Å². The summed E-state index contributed by atoms with van der Waals surface area (Å²) in [7, 11) is 2.59. The molecule has 54 valence electrons. The van der Waals surface area contributed by atoms with Gasteiger partial charge in [-0.1, -0.05) is 11.6 Å². The summed E-state index contributed by atoms with van der Waals surface area (Å²) in [5.41, 5.74) is 0. The van der Waals surface area contributed by atoms with Crippen LogP contribution in [0.1, 0.15) is 6.92 Å². The highest BCUT2D eigenvalue weighted by molar-refractivity contribution is 6.32. The van der Waals surface area contributed by atoms with Gasteiger partial charge in [0.2, 0.25) is 5.06 Å². The molecule has 3 nitrogen and oxygen atoms in total. The second-order valence-electron chi connectivity index (χ2n) is 1.61. The van der Waals surface area contributed by atoms with Gasteiger partial charge >= 0.3 is 5.97 Å². The number of ether oxygens (including phenoxy) is 2. The summed E-state index contributed by atoms with van der Waals surface area (Å²) in [6.07, 6.45) is 0. The first-order valence-electron chi connectivity index (χ1n) is 2.37. The first-order chi connectivity index (χ1) is 4.04. The SMILES string of the molecule is COC(=O)C(C)(Cl)OC. The Hall–Kier alpha value is -0.280. The van der Waals surface area contributed by atoms with Gasteiger partial charge in [0.1, 0.15) is 0 Å². The van der Waals surface area contributed by atoms with Gasteiger partial charge in [-0.05, 0) is 6.92 Å². The number of hydrogen-bond acceptors (Lipinski definition) is 3. The Morgan fingerprint density at radius 2 is 2.00 bits per heavy atom. The third-order valence-corrected chi connectivity index (χ3v) is 1.24. The van der Waals surface area contributed by atoms with Crippen molar-refractivity contribution in [1.82, 2.24) is 0 Å². The molecule has 0 saturated carbocycles. The minimum absolute atomic E-state index is 0.591. The van der Waals surface area contributed by atoms with Crippen molar-refractivity contribution in [2.75, 3.05) is 14.2 Å². The number of carbonyl (C=O) groups is 1. The average Bonchev–Trinajstić information content (AvgIpc) is 1.86. The summed E-state index contributed by atoms with van der Waals surface area (Å²) in [4.78, 5) is 10.6. The number of rotatable bonds is 2. The molecule has 0 amide bonds. The molecule has 0 rings (SSSR count). The topological polar surface area (TPSA) is 35.5 Å². The molecule has 9 heavy (non-hydrogen) atoms. The van der Waals surface area contributed by atoms with Gasteiger partial charge in [-0.2, -0.15) is 0 Å². The van der Waals surface area contributed by atoms with E-state index in [9.17, 15) is 4.79 Å². The van der Waals surface area contributed by atoms with Crippen molar-refractivity contribution in [1.29, 1.82) is 0 Å². The van der Waals surface area contributed by atoms with Crippen molar-refractivity contribution in [3.05, 3.63) is 0 Å². The maximum atomic E-state index is 10.6. The Labute approximate surface area is 58.9 Å². The third-order valence-electron chi connectivity index (χ3n) is 0.933. The molecule has 0 radical (unpaired) electrons. The molecular formula is C5H9ClO3. The van der Waals surface area contributed by atoms with E-state index in [4.69, 9.17) is 11.6 Å². The van der Waals surface area contributed by atoms with Crippen molar-refractivity contribution in [2.24, 2.45) is 0 Å². The normalized spacial score (nSPS) is 16.4. The highest BCUT2D eigenvalue weighted by Crippen LogP contribution is 2.15. The standard InChI is InChI=1S/C5H9ClO3/c1-5(6,9-3)4(7)8-2/h1-3H3. The molecular weight excluding hydrogens is 144 g/mol. The number of hydrogen-bond donors (Lipinski definition) is 0. The fourth-order valence-corrected chi connectivity index (χ4v) is 0.343. The van der Waals surface area contributed by atoms with E-state index in [2.05, 4.69) is 9.47 Å². The van der Waals surface area contributed by atoms with Crippen LogP contribution < -0.4 is 0 Å². The zero-order valence-electron chi connectivity index (χ0n) is 5.60. The lowest BCUT2D eigenvalue weighted by atomic mass is 10.4. The molecule has 0 fully saturated rings. The number of halogens is 1. The van der Waals surface area contributed by atoms with E-state index in [-0.39, 0.29) is 0 Å². The highest BCUT2D eigenvalue weighted by Gasteiger charge is 2.30. The molecule has 1 unspecified atom stereocenters. The largest absolute Gasteiger partial charge is 0.466 e. The number of carbonyl (C=O) groups excluding carboxylic acids is 1. The van der Waals surface area contributed by atoms with Gasteiger partial charge in [-0.15, -0.1) is 0 Å². The Morgan fingerprint density at radius 3 is 2.11 bits per heavy atom. The first-order valence-corrected chi connectivity index (χ1v) is 2.75. The molecule has 0 bridgehead atoms. The number of alkyl halides is 1. The predicted molar refractivity (Wildman–Crippen MR) is 33.3 cm³/mol. The molecule has 4 heteroatoms. The van der Waals surface area contributed by atoms with Gasteiger partial charge in [0.15, 0.2) is 0 Å². The monoisotopic (exact) mass is 152 g/mol. The van der Waals surface area contributed by atoms with Gasteiger partial charge < -0.3 is 9.47 Å². The highest BCUT2D eigenvalue weighted by atomic mass is 35.5. The van der Waals surface area contributed by atoms with Crippen LogP contribution in [0.15, 0.2) is 0 Å². The molecule has 0 aliphatic rings. The van der Waals surface area contributed by atoms with E-state index in [0.29, 0.717) is 0 Å². The molecule has 0 heterocycles. The minimum Gasteiger partial charge on any atom is -0.466 e. The molecule has 0 saturated heterocycles. The zero-order chi connectivity index (χ0) is 7.49. The first kappa shape index (κ1) is 8.72. The van der Waals surface area contributed by atoms with Crippen molar-refractivity contribution < 1.29 is 14.3 Å². The molecule has 0 aliphatic carbocycles. The second-order valence-corrected chi connectivity index (χ2v) is 2.33. The summed E-state index contributed by atoms with van der Waals surface area (Å²) in [5, 5.41) is -1.34. The van der Waals surface area contributed by atoms with Gasteiger partial charge in [0, 0.05) is 7.11 Å². The van der Waals surface area contributed by atoms with Crippen LogP contribution in [-0.2, 0) is 14.3 Å². The zero-order valence-corrected chi connectivity index (χ0v) is 6.36. The van der Waals surface area contributed by atoms with E-state index >= 15 is 0 Å². The summed E-state index contributed by atoms with van der Waals surface area (Å²) in [6.45, 7) is 1.42. The van der Waals surface area contributed by atoms with Crippen LogP contribution in [0.2, 0.25) is 0 Å². The summed E-state index contributed by atoms with van der Waals surface area (Å²) < 4.78 is 8.89. The van der Waals surface area contributed by atoms with E-state index in [0.717, 1.165) is 0 Å². The maximum Gasteiger partial charge on any atom is 0.353 e. The molecule has 0 aromatic rings. The van der Waals surface area contributed by atoms with Crippen LogP contribution in [0.3, 0.4) is 0 Å². The second kappa shape index (κ2) is 3.03. The van der Waals surface area contributed by atoms with Crippen molar-refractivity contribution in [2.45, 2.75) is 12.0 Å². The van der Waals surface area contributed by atoms with Crippen molar-refractivity contribution >= 4 is 17.6 Å². The quantitative estimate of drug-likeness (QED) is 0.433. The molecule has 1 atom stereocenters. The fraction of sp³-hybridized carbons (Fsp3) is 0.800. The number of methoxy groups -OCH3 is 2. The Morgan fingerprint density at radius 1 is 1.56 bits per heavy atom. The van der Waals surface area contributed by atoms with E-state index in [1.807, 2.05) is 0 Å². The van der Waals surface area contributed by atoms with Gasteiger partial charge in [0.05, 0.1) is 7.11 Å². The molecule has 0 aromatic heterocycles. The Kier molecular flexibility index (Phi) is 2.94. The molecule has 0 aromatic carbocycles. The van der Waals surface area contributed by atoms with Crippen LogP contribution in [0.5, 0.6) is 0 Å². The van der Waals surface area contributed by atoms with Crippen LogP contribution in [0, 0.1) is 0 Å². The van der Waals surface area contributed by atoms with E-state index in [1.165, 1.54) is 21.1 Å². The Balaban J connectivity index is 3.97. The summed E-state index contributed by atoms with van der Waals surface area (Å²) >= 11 is 5.47. The van der Waals surface area contributed by atoms with Gasteiger partial charge in [-0.3, -0.25) is 0 Å². The third kappa shape index (κ3) is 2.20. The lowest BCUT2D eigenvalue weighted by Crippen LogP contribution is -2.31. The summed E-state index contributed by atoms with van der Waals surface area (Å²) in [5.74, 6) is -0.591. The molecule has 0 N–H and O–H groups in total. The van der Waals surface area contributed by atoms with Gasteiger partial charge in [-0.25, -0.2) is 4.79 Å². The minimum atomic E-state index is -1.34. The number of esters is 1. The maximum absolute atomic E-state index is 10.6. The summed E-state index contributed by atoms with van der Waals surface area (Å²) in [6, 6.07) is 0. The predicted octanol–water partition coefficient (Wildman–Crippen LogP) is 0.761. The Bertz CT molecular complexity index is 111. The average molecular weight is 153 g/mol. The lowest BCUT2D eigenvalue weighted by Gasteiger charge is -2.15. The smallest absolute Gasteiger partial charge is 0.353 e. The molecule has 0 spiro atoms. The van der Waals surface area contributed by atoms with Gasteiger partial charge in [0.25, 0.3) is 0 Å². The van der Waals surface area contributed by atoms with Crippen LogP contribution in [0.4, 0.5) is 0 Å². The van der Waals surface area contributed by atoms with Crippen molar-refractivity contribution in [3.63, 3.8) is 0 Å². The van der Waals surface area contributed by atoms with Crippen molar-refractivity contribution in [3.8, 4) is 0 Å². The van der Waals surface area contributed by atoms with E-state index in [1.54, 1.807) is 0 Å². The van der Waals surface area contributed by atoms with Crippen LogP contribution in [0.25, 0.3) is 0 Å².